The predicted molar refractivity (Wildman–Crippen MR) is 128 cm³/mol. The van der Waals surface area contributed by atoms with Crippen LogP contribution in [-0.4, -0.2) is 87.6 Å². The molecular formula is C23H26F6N4O6S. The molecule has 40 heavy (non-hydrogen) atoms. The van der Waals surface area contributed by atoms with Crippen molar-refractivity contribution in [2.45, 2.75) is 38.8 Å². The lowest BCUT2D eigenvalue weighted by Crippen LogP contribution is -2.34. The number of nitrogens with zero attached hydrogens (tertiary/aromatic N) is 3. The van der Waals surface area contributed by atoms with E-state index in [0.29, 0.717) is 24.1 Å². The lowest BCUT2D eigenvalue weighted by Gasteiger charge is -2.19. The summed E-state index contributed by atoms with van der Waals surface area (Å²) in [7, 11) is 0. The first-order valence-corrected chi connectivity index (χ1v) is 12.4. The van der Waals surface area contributed by atoms with Crippen molar-refractivity contribution in [1.82, 2.24) is 20.2 Å². The number of hydrogen-bond acceptors (Lipinski definition) is 8. The molecule has 2 fully saturated rings. The number of alkyl halides is 6. The minimum absolute atomic E-state index is 0.0865. The number of rotatable bonds is 5. The van der Waals surface area contributed by atoms with E-state index in [9.17, 15) is 31.1 Å². The SMILES string of the molecule is Cc1cccc(CN2C[C@@H]3[C@@H](CNC(=O)c4csc(C)n4)CO[C@@H]3C2)n1.O=C(O)C(F)(F)F.O=C(O)C(F)(F)F. The maximum Gasteiger partial charge on any atom is 0.490 e. The Kier molecular flexibility index (Phi) is 11.4. The summed E-state index contributed by atoms with van der Waals surface area (Å²) in [5, 5.41) is 20.0. The van der Waals surface area contributed by atoms with Crippen LogP contribution in [0, 0.1) is 25.7 Å². The van der Waals surface area contributed by atoms with Crippen molar-refractivity contribution in [2.75, 3.05) is 26.2 Å². The number of nitrogens with one attached hydrogen (secondary N) is 1. The van der Waals surface area contributed by atoms with Gasteiger partial charge >= 0.3 is 24.3 Å². The summed E-state index contributed by atoms with van der Waals surface area (Å²) >= 11 is 1.50. The van der Waals surface area contributed by atoms with E-state index in [1.807, 2.05) is 25.3 Å². The van der Waals surface area contributed by atoms with Crippen molar-refractivity contribution in [3.05, 3.63) is 45.7 Å². The van der Waals surface area contributed by atoms with E-state index in [1.54, 1.807) is 0 Å². The second-order valence-electron chi connectivity index (χ2n) is 8.83. The molecule has 0 radical (unpaired) electrons. The minimum atomic E-state index is -5.08. The van der Waals surface area contributed by atoms with Crippen LogP contribution < -0.4 is 5.32 Å². The third-order valence-electron chi connectivity index (χ3n) is 5.71. The van der Waals surface area contributed by atoms with E-state index in [4.69, 9.17) is 24.5 Å². The Balaban J connectivity index is 0.000000333. The molecule has 2 aromatic heterocycles. The molecule has 1 amide bonds. The van der Waals surface area contributed by atoms with Gasteiger partial charge < -0.3 is 20.3 Å². The van der Waals surface area contributed by atoms with Crippen molar-refractivity contribution in [1.29, 1.82) is 0 Å². The molecule has 4 rings (SSSR count). The Bertz CT molecular complexity index is 1150. The molecule has 0 saturated carbocycles. The summed E-state index contributed by atoms with van der Waals surface area (Å²) in [5.74, 6) is -4.77. The molecule has 0 aromatic carbocycles. The van der Waals surface area contributed by atoms with Gasteiger partial charge in [0.2, 0.25) is 0 Å². The van der Waals surface area contributed by atoms with Crippen LogP contribution in [0.4, 0.5) is 26.3 Å². The van der Waals surface area contributed by atoms with Crippen LogP contribution in [0.15, 0.2) is 23.6 Å². The molecule has 4 heterocycles. The molecule has 0 bridgehead atoms. The van der Waals surface area contributed by atoms with Crippen molar-refractivity contribution in [2.24, 2.45) is 11.8 Å². The second-order valence-corrected chi connectivity index (χ2v) is 9.89. The number of aryl methyl sites for hydroxylation is 2. The van der Waals surface area contributed by atoms with Gasteiger partial charge in [0.15, 0.2) is 0 Å². The molecular weight excluding hydrogens is 574 g/mol. The Labute approximate surface area is 228 Å². The van der Waals surface area contributed by atoms with E-state index in [0.717, 1.165) is 42.6 Å². The van der Waals surface area contributed by atoms with Gasteiger partial charge in [-0.15, -0.1) is 11.3 Å². The average Bonchev–Trinajstić information content (AvgIpc) is 3.53. The first-order valence-electron chi connectivity index (χ1n) is 11.5. The van der Waals surface area contributed by atoms with Gasteiger partial charge in [-0.25, -0.2) is 14.6 Å². The van der Waals surface area contributed by atoms with Crippen molar-refractivity contribution >= 4 is 29.2 Å². The number of carboxylic acids is 2. The van der Waals surface area contributed by atoms with Gasteiger partial charge in [0.25, 0.3) is 5.91 Å². The van der Waals surface area contributed by atoms with Crippen LogP contribution in [0.1, 0.15) is 26.9 Å². The third-order valence-corrected chi connectivity index (χ3v) is 6.48. The number of carboxylic acid groups (broad SMARTS) is 2. The Hall–Kier alpha value is -3.31. The van der Waals surface area contributed by atoms with Crippen LogP contribution in [0.5, 0.6) is 0 Å². The zero-order valence-electron chi connectivity index (χ0n) is 21.1. The molecule has 2 saturated heterocycles. The fourth-order valence-corrected chi connectivity index (χ4v) is 4.51. The largest absolute Gasteiger partial charge is 0.490 e. The first kappa shape index (κ1) is 32.9. The maximum absolute atomic E-state index is 12.2. The molecule has 0 spiro atoms. The summed E-state index contributed by atoms with van der Waals surface area (Å²) in [6, 6.07) is 6.16. The van der Waals surface area contributed by atoms with Crippen LogP contribution in [0.2, 0.25) is 0 Å². The first-order chi connectivity index (χ1) is 18.5. The van der Waals surface area contributed by atoms with Gasteiger partial charge in [-0.05, 0) is 26.0 Å². The van der Waals surface area contributed by atoms with E-state index in [-0.39, 0.29) is 12.0 Å². The van der Waals surface area contributed by atoms with Crippen LogP contribution >= 0.6 is 11.3 Å². The average molecular weight is 601 g/mol. The topological polar surface area (TPSA) is 142 Å². The van der Waals surface area contributed by atoms with Gasteiger partial charge in [0, 0.05) is 49.1 Å². The molecule has 17 heteroatoms. The molecule has 222 valence electrons. The van der Waals surface area contributed by atoms with Gasteiger partial charge in [0.1, 0.15) is 5.69 Å². The Morgan fingerprint density at radius 3 is 2.15 bits per heavy atom. The highest BCUT2D eigenvalue weighted by Gasteiger charge is 2.44. The zero-order chi connectivity index (χ0) is 30.3. The molecule has 3 atom stereocenters. The number of hydrogen-bond donors (Lipinski definition) is 3. The van der Waals surface area contributed by atoms with Crippen molar-refractivity contribution in [3.8, 4) is 0 Å². The number of ether oxygens (including phenoxy) is 1. The van der Waals surface area contributed by atoms with Gasteiger partial charge in [-0.3, -0.25) is 14.7 Å². The van der Waals surface area contributed by atoms with E-state index >= 15 is 0 Å². The highest BCUT2D eigenvalue weighted by atomic mass is 32.1. The van der Waals surface area contributed by atoms with Crippen LogP contribution in [-0.2, 0) is 20.9 Å². The number of likely N-dealkylation sites (tertiary alicyclic amines) is 1. The van der Waals surface area contributed by atoms with Crippen molar-refractivity contribution in [3.63, 3.8) is 0 Å². The molecule has 0 aliphatic carbocycles. The Morgan fingerprint density at radius 2 is 1.65 bits per heavy atom. The number of fused-ring (bicyclic) bond motifs is 1. The fraction of sp³-hybridized carbons (Fsp3) is 0.522. The normalized spacial score (nSPS) is 20.4. The molecule has 2 aliphatic rings. The molecule has 2 aliphatic heterocycles. The second kappa shape index (κ2) is 13.8. The summed E-state index contributed by atoms with van der Waals surface area (Å²) in [4.78, 5) is 41.3. The number of thiazole rings is 1. The summed E-state index contributed by atoms with van der Waals surface area (Å²) in [6.07, 6.45) is -9.90. The molecule has 2 aromatic rings. The standard InChI is InChI=1S/C19H24N4O2S.2C2HF3O2/c1-12-4-3-5-15(21-12)7-23-8-16-14(10-25-18(16)9-23)6-20-19(24)17-11-26-13(2)22-17;2*3-2(4,5)1(6)7/h3-5,11,14,16,18H,6-10H2,1-2H3,(H,20,24);2*(H,6,7)/t14-,16+,18+;;/m0../s1. The fourth-order valence-electron chi connectivity index (χ4n) is 3.92. The summed E-state index contributed by atoms with van der Waals surface area (Å²) < 4.78 is 69.5. The van der Waals surface area contributed by atoms with E-state index in [2.05, 4.69) is 32.3 Å². The smallest absolute Gasteiger partial charge is 0.475 e. The number of aromatic nitrogens is 2. The number of carbonyl (C=O) groups is 3. The summed E-state index contributed by atoms with van der Waals surface area (Å²) in [5.41, 5.74) is 2.67. The highest BCUT2D eigenvalue weighted by molar-refractivity contribution is 7.09. The maximum atomic E-state index is 12.2. The van der Waals surface area contributed by atoms with Gasteiger partial charge in [0.05, 0.1) is 23.4 Å². The Morgan fingerprint density at radius 1 is 1.05 bits per heavy atom. The lowest BCUT2D eigenvalue weighted by atomic mass is 9.93. The van der Waals surface area contributed by atoms with E-state index < -0.39 is 24.3 Å². The number of carbonyl (C=O) groups excluding carboxylic acids is 1. The van der Waals surface area contributed by atoms with Gasteiger partial charge in [-0.2, -0.15) is 26.3 Å². The number of amides is 1. The molecule has 3 N–H and O–H groups in total. The molecule has 10 nitrogen and oxygen atoms in total. The lowest BCUT2D eigenvalue weighted by molar-refractivity contribution is -0.193. The number of pyridine rings is 1. The van der Waals surface area contributed by atoms with Gasteiger partial charge in [-0.1, -0.05) is 6.07 Å². The minimum Gasteiger partial charge on any atom is -0.475 e. The molecule has 0 unspecified atom stereocenters. The number of halogens is 6. The van der Waals surface area contributed by atoms with Crippen LogP contribution in [0.3, 0.4) is 0 Å². The highest BCUT2D eigenvalue weighted by Crippen LogP contribution is 2.34. The third kappa shape index (κ3) is 10.3. The summed E-state index contributed by atoms with van der Waals surface area (Å²) in [6.45, 7) is 8.10. The van der Waals surface area contributed by atoms with E-state index in [1.165, 1.54) is 11.3 Å². The number of aliphatic carboxylic acids is 2. The van der Waals surface area contributed by atoms with Crippen molar-refractivity contribution < 1.29 is 55.7 Å². The van der Waals surface area contributed by atoms with Crippen LogP contribution in [0.25, 0.3) is 0 Å². The monoisotopic (exact) mass is 600 g/mol. The zero-order valence-corrected chi connectivity index (χ0v) is 21.9. The quantitative estimate of drug-likeness (QED) is 0.441. The predicted octanol–water partition coefficient (Wildman–Crippen LogP) is 3.30.